The first kappa shape index (κ1) is 22.9. The summed E-state index contributed by atoms with van der Waals surface area (Å²) in [4.78, 5) is 0. The molecule has 0 aromatic heterocycles. The number of ether oxygens (including phenoxy) is 1. The van der Waals surface area contributed by atoms with Crippen LogP contribution in [0.5, 0.6) is 5.75 Å². The van der Waals surface area contributed by atoms with Gasteiger partial charge in [-0.3, -0.25) is 0 Å². The highest BCUT2D eigenvalue weighted by Gasteiger charge is 2.14. The minimum Gasteiger partial charge on any atom is -0.488 e. The maximum Gasteiger partial charge on any atom is 0.124 e. The molecule has 4 rings (SSSR count). The number of benzene rings is 3. The van der Waals surface area contributed by atoms with Gasteiger partial charge in [-0.05, 0) is 35.7 Å². The van der Waals surface area contributed by atoms with Gasteiger partial charge in [-0.1, -0.05) is 92.2 Å². The second kappa shape index (κ2) is 11.6. The Hall–Kier alpha value is -1.74. The summed E-state index contributed by atoms with van der Waals surface area (Å²) in [5.41, 5.74) is 2.26. The molecule has 1 saturated carbocycles. The van der Waals surface area contributed by atoms with E-state index < -0.39 is 0 Å². The minimum absolute atomic E-state index is 0. The van der Waals surface area contributed by atoms with E-state index in [9.17, 15) is 0 Å². The molecule has 0 unspecified atom stereocenters. The largest absolute Gasteiger partial charge is 0.488 e. The smallest absolute Gasteiger partial charge is 0.124 e. The Labute approximate surface area is 191 Å². The monoisotopic (exact) mass is 443 g/mol. The fourth-order valence-corrected chi connectivity index (χ4v) is 4.50. The van der Waals surface area contributed by atoms with Crippen LogP contribution in [0.2, 0.25) is 5.02 Å². The van der Waals surface area contributed by atoms with Gasteiger partial charge in [0.1, 0.15) is 12.4 Å². The van der Waals surface area contributed by atoms with Crippen LogP contribution in [0.15, 0.2) is 60.7 Å². The molecule has 0 radical (unpaired) electrons. The van der Waals surface area contributed by atoms with Crippen LogP contribution in [0.1, 0.15) is 56.1 Å². The zero-order chi connectivity index (χ0) is 19.9. The first-order valence-electron chi connectivity index (χ1n) is 10.9. The highest BCUT2D eigenvalue weighted by Crippen LogP contribution is 2.30. The van der Waals surface area contributed by atoms with Gasteiger partial charge in [0, 0.05) is 28.7 Å². The van der Waals surface area contributed by atoms with Crippen molar-refractivity contribution in [2.75, 3.05) is 0 Å². The third kappa shape index (κ3) is 5.91. The molecule has 1 N–H and O–H groups in total. The summed E-state index contributed by atoms with van der Waals surface area (Å²) in [5.74, 6) is 0.946. The molecule has 30 heavy (non-hydrogen) atoms. The maximum atomic E-state index is 6.32. The van der Waals surface area contributed by atoms with Crippen molar-refractivity contribution in [3.63, 3.8) is 0 Å². The average Bonchev–Trinajstić information content (AvgIpc) is 2.73. The molecule has 3 aromatic rings. The Morgan fingerprint density at radius 3 is 2.33 bits per heavy atom. The van der Waals surface area contributed by atoms with E-state index >= 15 is 0 Å². The average molecular weight is 444 g/mol. The van der Waals surface area contributed by atoms with Gasteiger partial charge in [-0.15, -0.1) is 12.4 Å². The highest BCUT2D eigenvalue weighted by molar-refractivity contribution is 6.31. The van der Waals surface area contributed by atoms with Crippen molar-refractivity contribution in [3.8, 4) is 5.75 Å². The molecule has 3 aromatic carbocycles. The van der Waals surface area contributed by atoms with Crippen molar-refractivity contribution in [1.82, 2.24) is 5.32 Å². The summed E-state index contributed by atoms with van der Waals surface area (Å²) in [7, 11) is 0. The highest BCUT2D eigenvalue weighted by atomic mass is 35.5. The standard InChI is InChI=1S/C26H30ClNO.ClH/c27-25-15-9-7-11-21(25)19-29-26-17-16-20-10-6-8-14-23(20)24(26)18-28-22-12-4-2-1-3-5-13-22;/h6-11,14-17,22,28H,1-5,12-13,18-19H2;1H. The van der Waals surface area contributed by atoms with Crippen molar-refractivity contribution in [2.24, 2.45) is 0 Å². The molecule has 1 aliphatic rings. The fraction of sp³-hybridized carbons (Fsp3) is 0.385. The number of fused-ring (bicyclic) bond motifs is 1. The molecule has 0 aliphatic heterocycles. The van der Waals surface area contributed by atoms with Crippen LogP contribution in [-0.4, -0.2) is 6.04 Å². The second-order valence-electron chi connectivity index (χ2n) is 8.07. The number of hydrogen-bond donors (Lipinski definition) is 1. The van der Waals surface area contributed by atoms with Crippen molar-refractivity contribution in [2.45, 2.75) is 64.1 Å². The summed E-state index contributed by atoms with van der Waals surface area (Å²) in [6.07, 6.45) is 9.38. The molecule has 2 nitrogen and oxygen atoms in total. The van der Waals surface area contributed by atoms with Gasteiger partial charge in [-0.2, -0.15) is 0 Å². The first-order valence-corrected chi connectivity index (χ1v) is 11.3. The van der Waals surface area contributed by atoms with E-state index in [1.165, 1.54) is 61.3 Å². The van der Waals surface area contributed by atoms with Crippen LogP contribution >= 0.6 is 24.0 Å². The van der Waals surface area contributed by atoms with Crippen molar-refractivity contribution in [1.29, 1.82) is 0 Å². The topological polar surface area (TPSA) is 21.3 Å². The lowest BCUT2D eigenvalue weighted by Crippen LogP contribution is -2.29. The molecule has 0 spiro atoms. The Balaban J connectivity index is 0.00000256. The minimum atomic E-state index is 0. The zero-order valence-corrected chi connectivity index (χ0v) is 19.0. The van der Waals surface area contributed by atoms with Crippen LogP contribution < -0.4 is 10.1 Å². The second-order valence-corrected chi connectivity index (χ2v) is 8.47. The quantitative estimate of drug-likeness (QED) is 0.421. The van der Waals surface area contributed by atoms with Crippen molar-refractivity contribution in [3.05, 3.63) is 76.8 Å². The molecule has 160 valence electrons. The van der Waals surface area contributed by atoms with E-state index in [2.05, 4.69) is 41.7 Å². The van der Waals surface area contributed by atoms with Crippen LogP contribution in [0.3, 0.4) is 0 Å². The van der Waals surface area contributed by atoms with Crippen LogP contribution in [0, 0.1) is 0 Å². The first-order chi connectivity index (χ1) is 14.3. The Kier molecular flexibility index (Phi) is 8.87. The Morgan fingerprint density at radius 1 is 0.833 bits per heavy atom. The summed E-state index contributed by atoms with van der Waals surface area (Å²) in [6.45, 7) is 1.32. The van der Waals surface area contributed by atoms with E-state index in [0.29, 0.717) is 12.6 Å². The van der Waals surface area contributed by atoms with E-state index in [4.69, 9.17) is 16.3 Å². The summed E-state index contributed by atoms with van der Waals surface area (Å²) >= 11 is 6.32. The fourth-order valence-electron chi connectivity index (χ4n) is 4.31. The van der Waals surface area contributed by atoms with E-state index in [1.54, 1.807) is 0 Å². The van der Waals surface area contributed by atoms with E-state index in [0.717, 1.165) is 22.9 Å². The Morgan fingerprint density at radius 2 is 1.53 bits per heavy atom. The van der Waals surface area contributed by atoms with E-state index in [1.807, 2.05) is 24.3 Å². The lowest BCUT2D eigenvalue weighted by atomic mass is 9.96. The van der Waals surface area contributed by atoms with Crippen LogP contribution in [0.25, 0.3) is 10.8 Å². The molecule has 0 heterocycles. The van der Waals surface area contributed by atoms with Gasteiger partial charge in [0.25, 0.3) is 0 Å². The van der Waals surface area contributed by atoms with Crippen molar-refractivity contribution < 1.29 is 4.74 Å². The number of nitrogens with one attached hydrogen (secondary N) is 1. The van der Waals surface area contributed by atoms with Crippen LogP contribution in [-0.2, 0) is 13.2 Å². The maximum absolute atomic E-state index is 6.32. The molecule has 1 fully saturated rings. The summed E-state index contributed by atoms with van der Waals surface area (Å²) in [5, 5.41) is 7.12. The van der Waals surface area contributed by atoms with Gasteiger partial charge in [0.15, 0.2) is 0 Å². The molecule has 4 heteroatoms. The van der Waals surface area contributed by atoms with Crippen LogP contribution in [0.4, 0.5) is 0 Å². The van der Waals surface area contributed by atoms with Gasteiger partial charge in [0.2, 0.25) is 0 Å². The number of halogens is 2. The molecule has 0 atom stereocenters. The van der Waals surface area contributed by atoms with E-state index in [-0.39, 0.29) is 12.4 Å². The van der Waals surface area contributed by atoms with Gasteiger partial charge >= 0.3 is 0 Å². The SMILES string of the molecule is Cl.Clc1ccccc1COc1ccc2ccccc2c1CNC1CCCCCCC1. The van der Waals surface area contributed by atoms with Gasteiger partial charge < -0.3 is 10.1 Å². The zero-order valence-electron chi connectivity index (χ0n) is 17.4. The number of hydrogen-bond acceptors (Lipinski definition) is 2. The molecular formula is C26H31Cl2NO. The summed E-state index contributed by atoms with van der Waals surface area (Å²) in [6, 6.07) is 21.3. The third-order valence-corrected chi connectivity index (χ3v) is 6.38. The predicted octanol–water partition coefficient (Wildman–Crippen LogP) is 7.70. The normalized spacial score (nSPS) is 15.2. The lowest BCUT2D eigenvalue weighted by Gasteiger charge is -2.22. The third-order valence-electron chi connectivity index (χ3n) is 6.01. The predicted molar refractivity (Wildman–Crippen MR) is 130 cm³/mol. The number of rotatable bonds is 6. The molecular weight excluding hydrogens is 413 g/mol. The molecule has 0 amide bonds. The molecule has 0 bridgehead atoms. The van der Waals surface area contributed by atoms with Crippen molar-refractivity contribution >= 4 is 34.8 Å². The molecule has 0 saturated heterocycles. The Bertz CT molecular complexity index is 935. The lowest BCUT2D eigenvalue weighted by molar-refractivity contribution is 0.301. The molecule has 1 aliphatic carbocycles. The van der Waals surface area contributed by atoms with Gasteiger partial charge in [-0.25, -0.2) is 0 Å². The van der Waals surface area contributed by atoms with Gasteiger partial charge in [0.05, 0.1) is 0 Å². The summed E-state index contributed by atoms with van der Waals surface area (Å²) < 4.78 is 6.27.